The fourth-order valence-electron chi connectivity index (χ4n) is 0.785. The maximum atomic E-state index is 10.4. The molecule has 1 aromatic carbocycles. The van der Waals surface area contributed by atoms with Gasteiger partial charge in [0.25, 0.3) is 0 Å². The third-order valence-electron chi connectivity index (χ3n) is 1.58. The predicted molar refractivity (Wildman–Crippen MR) is 57.7 cm³/mol. The minimum absolute atomic E-state index is 0.0186. The van der Waals surface area contributed by atoms with Crippen LogP contribution in [0.1, 0.15) is 34.1 Å². The van der Waals surface area contributed by atoms with Gasteiger partial charge in [0.1, 0.15) is 0 Å². The number of aliphatic hydroxyl groups is 1. The molecule has 0 aliphatic rings. The summed E-state index contributed by atoms with van der Waals surface area (Å²) in [6, 6.07) is 5.20. The van der Waals surface area contributed by atoms with Crippen LogP contribution in [0.25, 0.3) is 0 Å². The van der Waals surface area contributed by atoms with Gasteiger partial charge in [-0.2, -0.15) is 0 Å². The smallest absolute Gasteiger partial charge is 0.335 e. The number of carboxylic acid groups (broad SMARTS) is 2. The van der Waals surface area contributed by atoms with Gasteiger partial charge in [0.15, 0.2) is 0 Å². The Morgan fingerprint density at radius 3 is 1.75 bits per heavy atom. The van der Waals surface area contributed by atoms with Gasteiger partial charge in [0.05, 0.1) is 11.1 Å². The van der Waals surface area contributed by atoms with E-state index in [1.54, 1.807) is 0 Å². The van der Waals surface area contributed by atoms with Crippen molar-refractivity contribution in [3.05, 3.63) is 35.4 Å². The maximum Gasteiger partial charge on any atom is 0.335 e. The van der Waals surface area contributed by atoms with Crippen LogP contribution in [-0.2, 0) is 0 Å². The van der Waals surface area contributed by atoms with E-state index in [9.17, 15) is 9.59 Å². The van der Waals surface area contributed by atoms with E-state index < -0.39 is 11.9 Å². The number of benzene rings is 1. The lowest BCUT2D eigenvalue weighted by Crippen LogP contribution is -2.01. The summed E-state index contributed by atoms with van der Waals surface area (Å²) in [6.07, 6.45) is 0.875. The molecule has 0 aliphatic heterocycles. The molecule has 0 unspecified atom stereocenters. The van der Waals surface area contributed by atoms with Crippen molar-refractivity contribution < 1.29 is 24.9 Å². The normalized spacial score (nSPS) is 8.88. The van der Waals surface area contributed by atoms with E-state index in [0.717, 1.165) is 12.5 Å². The van der Waals surface area contributed by atoms with Crippen LogP contribution in [0.15, 0.2) is 24.3 Å². The molecule has 0 saturated carbocycles. The molecule has 0 aromatic heterocycles. The molecule has 0 aliphatic carbocycles. The van der Waals surface area contributed by atoms with Crippen molar-refractivity contribution in [2.75, 3.05) is 6.61 Å². The molecule has 0 fully saturated rings. The average molecular weight is 226 g/mol. The summed E-state index contributed by atoms with van der Waals surface area (Å²) in [6.45, 7) is 2.25. The molecule has 0 radical (unpaired) electrons. The van der Waals surface area contributed by atoms with Crippen LogP contribution in [0.4, 0.5) is 0 Å². The Morgan fingerprint density at radius 2 is 1.50 bits per heavy atom. The molecule has 1 rings (SSSR count). The zero-order valence-corrected chi connectivity index (χ0v) is 8.88. The molecule has 0 bridgehead atoms. The van der Waals surface area contributed by atoms with Crippen LogP contribution in [0.5, 0.6) is 0 Å². The fourth-order valence-corrected chi connectivity index (χ4v) is 0.785. The Hall–Kier alpha value is -1.88. The first-order valence-corrected chi connectivity index (χ1v) is 4.70. The summed E-state index contributed by atoms with van der Waals surface area (Å²) >= 11 is 0. The molecule has 0 spiro atoms. The van der Waals surface area contributed by atoms with Crippen molar-refractivity contribution in [2.24, 2.45) is 0 Å². The van der Waals surface area contributed by atoms with E-state index in [4.69, 9.17) is 15.3 Å². The van der Waals surface area contributed by atoms with E-state index in [0.29, 0.717) is 6.61 Å². The minimum atomic E-state index is -1.13. The minimum Gasteiger partial charge on any atom is -0.478 e. The quantitative estimate of drug-likeness (QED) is 0.725. The maximum absolute atomic E-state index is 10.4. The molecule has 5 nitrogen and oxygen atoms in total. The van der Waals surface area contributed by atoms with Gasteiger partial charge in [-0.15, -0.1) is 0 Å². The van der Waals surface area contributed by atoms with E-state index in [2.05, 4.69) is 0 Å². The van der Waals surface area contributed by atoms with E-state index in [-0.39, 0.29) is 11.1 Å². The summed E-state index contributed by atoms with van der Waals surface area (Å²) in [5.74, 6) is -2.25. The van der Waals surface area contributed by atoms with Gasteiger partial charge in [0, 0.05) is 6.61 Å². The van der Waals surface area contributed by atoms with Crippen LogP contribution in [0.3, 0.4) is 0 Å². The lowest BCUT2D eigenvalue weighted by molar-refractivity contribution is 0.0696. The Kier molecular flexibility index (Phi) is 6.55. The highest BCUT2D eigenvalue weighted by molar-refractivity contribution is 5.93. The van der Waals surface area contributed by atoms with Crippen molar-refractivity contribution in [3.8, 4) is 0 Å². The number of carboxylic acids is 2. The SMILES string of the molecule is CCCO.O=C(O)c1cccc(C(=O)O)c1. The second kappa shape index (κ2) is 7.42. The molecular weight excluding hydrogens is 212 g/mol. The van der Waals surface area contributed by atoms with Crippen molar-refractivity contribution in [3.63, 3.8) is 0 Å². The Labute approximate surface area is 93.0 Å². The van der Waals surface area contributed by atoms with Gasteiger partial charge in [-0.25, -0.2) is 9.59 Å². The third-order valence-corrected chi connectivity index (χ3v) is 1.58. The monoisotopic (exact) mass is 226 g/mol. The zero-order valence-electron chi connectivity index (χ0n) is 8.88. The molecule has 5 heteroatoms. The molecule has 0 heterocycles. The number of carbonyl (C=O) groups is 2. The van der Waals surface area contributed by atoms with Crippen LogP contribution in [0.2, 0.25) is 0 Å². The van der Waals surface area contributed by atoms with Gasteiger partial charge < -0.3 is 15.3 Å². The summed E-state index contributed by atoms with van der Waals surface area (Å²) in [7, 11) is 0. The highest BCUT2D eigenvalue weighted by atomic mass is 16.4. The van der Waals surface area contributed by atoms with Gasteiger partial charge in [-0.3, -0.25) is 0 Å². The summed E-state index contributed by atoms with van der Waals surface area (Å²) in [4.78, 5) is 20.8. The number of rotatable bonds is 3. The molecule has 1 aromatic rings. The molecule has 0 atom stereocenters. The summed E-state index contributed by atoms with van der Waals surface area (Å²) in [5, 5.41) is 24.9. The highest BCUT2D eigenvalue weighted by Crippen LogP contribution is 2.04. The lowest BCUT2D eigenvalue weighted by atomic mass is 10.1. The zero-order chi connectivity index (χ0) is 12.6. The Morgan fingerprint density at radius 1 is 1.12 bits per heavy atom. The molecule has 0 amide bonds. The fraction of sp³-hybridized carbons (Fsp3) is 0.273. The Balaban J connectivity index is 0.000000487. The first kappa shape index (κ1) is 14.1. The van der Waals surface area contributed by atoms with Crippen LogP contribution >= 0.6 is 0 Å². The van der Waals surface area contributed by atoms with Gasteiger partial charge in [-0.05, 0) is 24.6 Å². The van der Waals surface area contributed by atoms with Gasteiger partial charge in [-0.1, -0.05) is 13.0 Å². The molecule has 0 saturated heterocycles. The summed E-state index contributed by atoms with van der Waals surface area (Å²) in [5.41, 5.74) is -0.0372. The van der Waals surface area contributed by atoms with Crippen LogP contribution < -0.4 is 0 Å². The van der Waals surface area contributed by atoms with E-state index in [1.807, 2.05) is 6.92 Å². The number of hydrogen-bond acceptors (Lipinski definition) is 3. The van der Waals surface area contributed by atoms with Crippen LogP contribution in [-0.4, -0.2) is 33.9 Å². The average Bonchev–Trinajstić information content (AvgIpc) is 2.29. The summed E-state index contributed by atoms with van der Waals surface area (Å²) < 4.78 is 0. The van der Waals surface area contributed by atoms with E-state index in [1.165, 1.54) is 18.2 Å². The number of aliphatic hydroxyl groups excluding tert-OH is 1. The predicted octanol–water partition coefficient (Wildman–Crippen LogP) is 1.47. The van der Waals surface area contributed by atoms with Crippen LogP contribution in [0, 0.1) is 0 Å². The first-order valence-electron chi connectivity index (χ1n) is 4.70. The third kappa shape index (κ3) is 5.11. The second-order valence-corrected chi connectivity index (χ2v) is 2.91. The highest BCUT2D eigenvalue weighted by Gasteiger charge is 2.06. The molecule has 88 valence electrons. The van der Waals surface area contributed by atoms with Gasteiger partial charge in [0.2, 0.25) is 0 Å². The first-order chi connectivity index (χ1) is 7.52. The second-order valence-electron chi connectivity index (χ2n) is 2.91. The van der Waals surface area contributed by atoms with Gasteiger partial charge >= 0.3 is 11.9 Å². The van der Waals surface area contributed by atoms with Crippen molar-refractivity contribution in [1.82, 2.24) is 0 Å². The largest absolute Gasteiger partial charge is 0.478 e. The number of hydrogen-bond donors (Lipinski definition) is 3. The van der Waals surface area contributed by atoms with Crippen molar-refractivity contribution in [2.45, 2.75) is 13.3 Å². The van der Waals surface area contributed by atoms with E-state index >= 15 is 0 Å². The molecular formula is C11H14O5. The topological polar surface area (TPSA) is 94.8 Å². The lowest BCUT2D eigenvalue weighted by Gasteiger charge is -1.95. The van der Waals surface area contributed by atoms with Crippen molar-refractivity contribution >= 4 is 11.9 Å². The number of aromatic carboxylic acids is 2. The standard InChI is InChI=1S/C8H6O4.C3H8O/c9-7(10)5-2-1-3-6(4-5)8(11)12;1-2-3-4/h1-4H,(H,9,10)(H,11,12);4H,2-3H2,1H3. The molecule has 16 heavy (non-hydrogen) atoms. The van der Waals surface area contributed by atoms with Crippen molar-refractivity contribution in [1.29, 1.82) is 0 Å². The Bertz CT molecular complexity index is 328. The molecule has 3 N–H and O–H groups in total.